The van der Waals surface area contributed by atoms with Gasteiger partial charge in [0.15, 0.2) is 0 Å². The summed E-state index contributed by atoms with van der Waals surface area (Å²) in [5.74, 6) is 1.79. The van der Waals surface area contributed by atoms with Gasteiger partial charge in [-0.25, -0.2) is 0 Å². The zero-order chi connectivity index (χ0) is 15.7. The Hall–Kier alpha value is -1.63. The number of nitrogens with zero attached hydrogens (tertiary/aromatic N) is 4. The summed E-state index contributed by atoms with van der Waals surface area (Å²) < 4.78 is 0. The van der Waals surface area contributed by atoms with E-state index in [1.165, 1.54) is 0 Å². The molecular formula is C14H28N6O. The second kappa shape index (κ2) is 9.33. The molecule has 0 amide bonds. The predicted molar refractivity (Wildman–Crippen MR) is 87.0 cm³/mol. The van der Waals surface area contributed by atoms with Crippen molar-refractivity contribution < 1.29 is 5.11 Å². The number of aromatic nitrogens is 3. The van der Waals surface area contributed by atoms with Crippen LogP contribution < -0.4 is 15.5 Å². The largest absolute Gasteiger partial charge is 0.393 e. The number of hydrogen-bond donors (Lipinski definition) is 3. The van der Waals surface area contributed by atoms with Gasteiger partial charge in [-0.15, -0.1) is 0 Å². The summed E-state index contributed by atoms with van der Waals surface area (Å²) in [6.07, 6.45) is 1.15. The molecule has 0 saturated heterocycles. The minimum Gasteiger partial charge on any atom is -0.393 e. The molecule has 1 unspecified atom stereocenters. The van der Waals surface area contributed by atoms with Crippen molar-refractivity contribution in [1.29, 1.82) is 0 Å². The molecule has 0 bridgehead atoms. The van der Waals surface area contributed by atoms with E-state index in [1.807, 2.05) is 13.8 Å². The molecule has 0 aromatic carbocycles. The normalized spacial score (nSPS) is 12.0. The fraction of sp³-hybridized carbons (Fsp3) is 0.786. The Morgan fingerprint density at radius 3 is 2.14 bits per heavy atom. The van der Waals surface area contributed by atoms with Crippen LogP contribution in [0, 0.1) is 0 Å². The van der Waals surface area contributed by atoms with Crippen LogP contribution >= 0.6 is 0 Å². The molecule has 0 spiro atoms. The molecule has 0 aliphatic carbocycles. The number of hydrogen-bond acceptors (Lipinski definition) is 7. The SMILES string of the molecule is CCNc1nc(NCCC(O)CC)nc(N(CC)CC)n1. The van der Waals surface area contributed by atoms with Crippen LogP contribution in [0.2, 0.25) is 0 Å². The Morgan fingerprint density at radius 2 is 1.62 bits per heavy atom. The van der Waals surface area contributed by atoms with Gasteiger partial charge < -0.3 is 20.6 Å². The average molecular weight is 296 g/mol. The fourth-order valence-corrected chi connectivity index (χ4v) is 1.88. The molecule has 0 fully saturated rings. The molecular weight excluding hydrogens is 268 g/mol. The third-order valence-corrected chi connectivity index (χ3v) is 3.24. The van der Waals surface area contributed by atoms with E-state index < -0.39 is 0 Å². The fourth-order valence-electron chi connectivity index (χ4n) is 1.88. The first-order valence-corrected chi connectivity index (χ1v) is 7.81. The summed E-state index contributed by atoms with van der Waals surface area (Å²) in [6.45, 7) is 11.2. The van der Waals surface area contributed by atoms with Crippen molar-refractivity contribution in [2.75, 3.05) is 41.7 Å². The van der Waals surface area contributed by atoms with Crippen LogP contribution in [-0.2, 0) is 0 Å². The first-order valence-electron chi connectivity index (χ1n) is 7.81. The van der Waals surface area contributed by atoms with Crippen molar-refractivity contribution in [3.8, 4) is 0 Å². The minimum absolute atomic E-state index is 0.283. The van der Waals surface area contributed by atoms with Gasteiger partial charge in [0.1, 0.15) is 0 Å². The van der Waals surface area contributed by atoms with Crippen molar-refractivity contribution >= 4 is 17.8 Å². The van der Waals surface area contributed by atoms with E-state index in [1.54, 1.807) is 0 Å². The Labute approximate surface area is 127 Å². The van der Waals surface area contributed by atoms with E-state index in [9.17, 15) is 5.11 Å². The van der Waals surface area contributed by atoms with E-state index in [-0.39, 0.29) is 6.10 Å². The summed E-state index contributed by atoms with van der Waals surface area (Å²) in [7, 11) is 0. The zero-order valence-corrected chi connectivity index (χ0v) is 13.6. The number of aliphatic hydroxyl groups excluding tert-OH is 1. The third-order valence-electron chi connectivity index (χ3n) is 3.24. The lowest BCUT2D eigenvalue weighted by atomic mass is 10.2. The molecule has 0 aliphatic rings. The highest BCUT2D eigenvalue weighted by molar-refractivity contribution is 5.43. The molecule has 1 aromatic rings. The van der Waals surface area contributed by atoms with Gasteiger partial charge in [-0.2, -0.15) is 15.0 Å². The van der Waals surface area contributed by atoms with E-state index >= 15 is 0 Å². The molecule has 1 atom stereocenters. The van der Waals surface area contributed by atoms with Gasteiger partial charge in [-0.1, -0.05) is 6.92 Å². The summed E-state index contributed by atoms with van der Waals surface area (Å²) in [5.41, 5.74) is 0. The van der Waals surface area contributed by atoms with Crippen LogP contribution in [-0.4, -0.2) is 52.3 Å². The average Bonchev–Trinajstić information content (AvgIpc) is 2.48. The van der Waals surface area contributed by atoms with Crippen LogP contribution in [0.3, 0.4) is 0 Å². The van der Waals surface area contributed by atoms with Gasteiger partial charge in [-0.05, 0) is 33.6 Å². The van der Waals surface area contributed by atoms with E-state index in [0.717, 1.165) is 26.1 Å². The van der Waals surface area contributed by atoms with Crippen molar-refractivity contribution in [3.63, 3.8) is 0 Å². The lowest BCUT2D eigenvalue weighted by molar-refractivity contribution is 0.164. The first-order chi connectivity index (χ1) is 10.1. The van der Waals surface area contributed by atoms with Gasteiger partial charge in [-0.3, -0.25) is 0 Å². The monoisotopic (exact) mass is 296 g/mol. The molecule has 7 nitrogen and oxygen atoms in total. The zero-order valence-electron chi connectivity index (χ0n) is 13.6. The van der Waals surface area contributed by atoms with E-state index in [0.29, 0.717) is 30.8 Å². The van der Waals surface area contributed by atoms with Crippen LogP contribution in [0.4, 0.5) is 17.8 Å². The van der Waals surface area contributed by atoms with Crippen molar-refractivity contribution in [3.05, 3.63) is 0 Å². The van der Waals surface area contributed by atoms with Crippen LogP contribution in [0.25, 0.3) is 0 Å². The van der Waals surface area contributed by atoms with Crippen molar-refractivity contribution in [2.24, 2.45) is 0 Å². The van der Waals surface area contributed by atoms with Gasteiger partial charge in [0.05, 0.1) is 6.10 Å². The number of nitrogens with one attached hydrogen (secondary N) is 2. The Kier molecular flexibility index (Phi) is 7.74. The lowest BCUT2D eigenvalue weighted by Crippen LogP contribution is -2.25. The first kappa shape index (κ1) is 17.4. The quantitative estimate of drug-likeness (QED) is 0.606. The summed E-state index contributed by atoms with van der Waals surface area (Å²) in [6, 6.07) is 0. The Balaban J connectivity index is 2.81. The second-order valence-corrected chi connectivity index (χ2v) is 4.76. The maximum absolute atomic E-state index is 9.58. The molecule has 7 heteroatoms. The lowest BCUT2D eigenvalue weighted by Gasteiger charge is -2.19. The smallest absolute Gasteiger partial charge is 0.231 e. The number of rotatable bonds is 10. The highest BCUT2D eigenvalue weighted by atomic mass is 16.3. The van der Waals surface area contributed by atoms with Crippen LogP contribution in [0.15, 0.2) is 0 Å². The van der Waals surface area contributed by atoms with Crippen LogP contribution in [0.5, 0.6) is 0 Å². The molecule has 1 rings (SSSR count). The topological polar surface area (TPSA) is 86.2 Å². The molecule has 1 aromatic heterocycles. The van der Waals surface area contributed by atoms with Gasteiger partial charge in [0.2, 0.25) is 17.8 Å². The molecule has 1 heterocycles. The molecule has 0 radical (unpaired) electrons. The maximum Gasteiger partial charge on any atom is 0.231 e. The van der Waals surface area contributed by atoms with Crippen molar-refractivity contribution in [1.82, 2.24) is 15.0 Å². The maximum atomic E-state index is 9.58. The van der Waals surface area contributed by atoms with Gasteiger partial charge >= 0.3 is 0 Å². The minimum atomic E-state index is -0.283. The van der Waals surface area contributed by atoms with Gasteiger partial charge in [0, 0.05) is 26.2 Å². The highest BCUT2D eigenvalue weighted by Gasteiger charge is 2.11. The van der Waals surface area contributed by atoms with E-state index in [4.69, 9.17) is 0 Å². The molecule has 120 valence electrons. The standard InChI is InChI=1S/C14H28N6O/c1-5-11(21)9-10-16-13-17-12(15-6-2)18-14(19-13)20(7-3)8-4/h11,21H,5-10H2,1-4H3,(H2,15,16,17,18,19). The predicted octanol–water partition coefficient (Wildman–Crippen LogP) is 1.72. The van der Waals surface area contributed by atoms with Gasteiger partial charge in [0.25, 0.3) is 0 Å². The van der Waals surface area contributed by atoms with E-state index in [2.05, 4.69) is 44.3 Å². The molecule has 0 saturated carbocycles. The Morgan fingerprint density at radius 1 is 1.00 bits per heavy atom. The number of anilines is 3. The summed E-state index contributed by atoms with van der Waals surface area (Å²) >= 11 is 0. The second-order valence-electron chi connectivity index (χ2n) is 4.76. The Bertz CT molecular complexity index is 410. The summed E-state index contributed by atoms with van der Waals surface area (Å²) in [5, 5.41) is 15.9. The molecule has 3 N–H and O–H groups in total. The third kappa shape index (κ3) is 5.71. The summed E-state index contributed by atoms with van der Waals surface area (Å²) in [4.78, 5) is 15.3. The molecule has 21 heavy (non-hydrogen) atoms. The van der Waals surface area contributed by atoms with Crippen LogP contribution in [0.1, 0.15) is 40.5 Å². The number of aliphatic hydroxyl groups is 1. The molecule has 0 aliphatic heterocycles. The van der Waals surface area contributed by atoms with Crippen molar-refractivity contribution in [2.45, 2.75) is 46.6 Å². The highest BCUT2D eigenvalue weighted by Crippen LogP contribution is 2.13.